The van der Waals surface area contributed by atoms with Crippen LogP contribution in [0.25, 0.3) is 0 Å². The zero-order valence-electron chi connectivity index (χ0n) is 14.7. The van der Waals surface area contributed by atoms with Gasteiger partial charge in [0.15, 0.2) is 12.3 Å². The van der Waals surface area contributed by atoms with E-state index in [1.54, 1.807) is 12.4 Å². The number of hydrogen-bond acceptors (Lipinski definition) is 8. The third-order valence-electron chi connectivity index (χ3n) is 4.02. The third-order valence-corrected chi connectivity index (χ3v) is 5.11. The van der Waals surface area contributed by atoms with Gasteiger partial charge in [0, 0.05) is 23.0 Å². The van der Waals surface area contributed by atoms with Crippen LogP contribution in [0.2, 0.25) is 0 Å². The second kappa shape index (κ2) is 8.94. The van der Waals surface area contributed by atoms with Crippen LogP contribution >= 0.6 is 11.8 Å². The Labute approximate surface area is 166 Å². The molecule has 11 heteroatoms. The van der Waals surface area contributed by atoms with E-state index in [0.29, 0.717) is 11.3 Å². The van der Waals surface area contributed by atoms with Crippen molar-refractivity contribution in [1.82, 2.24) is 15.2 Å². The zero-order valence-corrected chi connectivity index (χ0v) is 15.5. The van der Waals surface area contributed by atoms with Gasteiger partial charge < -0.3 is 19.4 Å². The molecule has 1 fully saturated rings. The summed E-state index contributed by atoms with van der Waals surface area (Å²) in [6, 6.07) is 2.68. The maximum atomic E-state index is 12.5. The summed E-state index contributed by atoms with van der Waals surface area (Å²) < 4.78 is 14.8. The molecule has 28 heavy (non-hydrogen) atoms. The van der Waals surface area contributed by atoms with E-state index < -0.39 is 30.2 Å². The summed E-state index contributed by atoms with van der Waals surface area (Å²) in [4.78, 5) is 42.4. The zero-order chi connectivity index (χ0) is 20.1. The number of ether oxygens (including phenoxy) is 2. The van der Waals surface area contributed by atoms with Gasteiger partial charge in [0.2, 0.25) is 0 Å². The fourth-order valence-electron chi connectivity index (χ4n) is 2.75. The largest absolute Gasteiger partial charge is 0.539 e. The van der Waals surface area contributed by atoms with Gasteiger partial charge in [-0.3, -0.25) is 14.7 Å². The van der Waals surface area contributed by atoms with Crippen molar-refractivity contribution in [3.8, 4) is 0 Å². The molecule has 9 nitrogen and oxygen atoms in total. The van der Waals surface area contributed by atoms with Crippen LogP contribution in [-0.4, -0.2) is 67.1 Å². The van der Waals surface area contributed by atoms with E-state index in [9.17, 15) is 14.4 Å². The minimum absolute atomic E-state index is 0.00299. The lowest BCUT2D eigenvalue weighted by atomic mass is 9.99. The fraction of sp³-hybridized carbons (Fsp3) is 0.294. The monoisotopic (exact) mass is 401 g/mol. The topological polar surface area (TPSA) is 107 Å². The number of fused-ring (bicyclic) bond motifs is 1. The maximum absolute atomic E-state index is 12.5. The van der Waals surface area contributed by atoms with Crippen molar-refractivity contribution in [3.63, 3.8) is 0 Å². The molecule has 0 bridgehead atoms. The smallest absolute Gasteiger partial charge is 0.408 e. The van der Waals surface area contributed by atoms with E-state index in [-0.39, 0.29) is 18.9 Å². The molecule has 3 heterocycles. The first-order valence-corrected chi connectivity index (χ1v) is 9.20. The van der Waals surface area contributed by atoms with Gasteiger partial charge in [0.05, 0.1) is 6.61 Å². The number of nitrogens with one attached hydrogen (secondary N) is 1. The highest BCUT2D eigenvalue weighted by molar-refractivity contribution is 7.99. The first kappa shape index (κ1) is 20.0. The molecule has 144 valence electrons. The quantitative estimate of drug-likeness (QED) is 0.305. The Balaban J connectivity index is 1.74. The Morgan fingerprint density at radius 2 is 2.21 bits per heavy atom. The van der Waals surface area contributed by atoms with Crippen molar-refractivity contribution in [1.29, 1.82) is 0 Å². The van der Waals surface area contributed by atoms with Crippen molar-refractivity contribution < 1.29 is 28.5 Å². The predicted octanol–water partition coefficient (Wildman–Crippen LogP) is 0.534. The number of β-lactam (4-membered cyclic amide) rings is 1. The fourth-order valence-corrected chi connectivity index (χ4v) is 3.62. The molecule has 2 atom stereocenters. The van der Waals surface area contributed by atoms with Gasteiger partial charge in [0.25, 0.3) is 5.91 Å². The molecule has 0 saturated carbocycles. The first-order valence-electron chi connectivity index (χ1n) is 8.21. The van der Waals surface area contributed by atoms with E-state index in [1.165, 1.54) is 17.8 Å². The maximum Gasteiger partial charge on any atom is 0.408 e. The summed E-state index contributed by atoms with van der Waals surface area (Å²) in [6.07, 6.45) is 3.08. The highest BCUT2D eigenvalue weighted by Gasteiger charge is 2.55. The van der Waals surface area contributed by atoms with E-state index in [4.69, 9.17) is 17.5 Å². The molecule has 2 aliphatic heterocycles. The Bertz CT molecular complexity index is 818. The van der Waals surface area contributed by atoms with Crippen LogP contribution in [0.4, 0.5) is 4.79 Å². The van der Waals surface area contributed by atoms with Gasteiger partial charge in [-0.15, -0.1) is 11.8 Å². The molecular formula is C17H16BN3O6S. The molecule has 0 spiro atoms. The minimum atomic E-state index is -0.965. The van der Waals surface area contributed by atoms with Gasteiger partial charge in [-0.05, 0) is 17.7 Å². The average Bonchev–Trinajstić information content (AvgIpc) is 2.73. The number of alkyl carbamates (subject to hydrolysis) is 1. The third kappa shape index (κ3) is 4.05. The normalized spacial score (nSPS) is 20.7. The Morgan fingerprint density at radius 3 is 2.89 bits per heavy atom. The average molecular weight is 401 g/mol. The summed E-state index contributed by atoms with van der Waals surface area (Å²) in [5.41, 5.74) is 0.581. The van der Waals surface area contributed by atoms with Crippen LogP contribution in [-0.2, 0) is 23.7 Å². The van der Waals surface area contributed by atoms with E-state index in [2.05, 4.69) is 21.5 Å². The molecule has 1 saturated heterocycles. The SMILES string of the molecule is [B]OC(=O)C1=C(CSc2ccncc2)CO[C@@H]2[C@H](NC(=O)OCC=C)C(=O)N12. The molecule has 3 rings (SSSR count). The first-order chi connectivity index (χ1) is 13.6. The second-order valence-electron chi connectivity index (χ2n) is 5.75. The van der Waals surface area contributed by atoms with Gasteiger partial charge >= 0.3 is 20.1 Å². The van der Waals surface area contributed by atoms with Crippen molar-refractivity contribution in [2.24, 2.45) is 0 Å². The van der Waals surface area contributed by atoms with Crippen LogP contribution in [0.5, 0.6) is 0 Å². The highest BCUT2D eigenvalue weighted by atomic mass is 32.2. The number of carbonyl (C=O) groups is 3. The standard InChI is InChI=1S/C17H16BN3O6S/c1-2-7-25-17(24)20-12-14(22)21-13(16(23)27-18)10(8-26-15(12)21)9-28-11-3-5-19-6-4-11/h2-6,12,15H,1,7-9H2,(H,20,24)/t12-,15-/m1/s1. The van der Waals surface area contributed by atoms with Crippen LogP contribution in [0.3, 0.4) is 0 Å². The molecule has 2 amide bonds. The molecule has 2 aliphatic rings. The number of amides is 2. The number of carbonyl (C=O) groups excluding carboxylic acids is 3. The molecule has 2 radical (unpaired) electrons. The van der Waals surface area contributed by atoms with Crippen molar-refractivity contribution in [2.75, 3.05) is 19.0 Å². The molecule has 0 aliphatic carbocycles. The Hall–Kier alpha value is -2.79. The summed E-state index contributed by atoms with van der Waals surface area (Å²) in [5, 5.41) is 2.41. The number of rotatable bonds is 7. The van der Waals surface area contributed by atoms with E-state index in [1.807, 2.05) is 12.1 Å². The highest BCUT2D eigenvalue weighted by Crippen LogP contribution is 2.35. The number of aromatic nitrogens is 1. The van der Waals surface area contributed by atoms with Crippen LogP contribution in [0, 0.1) is 0 Å². The molecular weight excluding hydrogens is 385 g/mol. The lowest BCUT2D eigenvalue weighted by Crippen LogP contribution is -2.73. The van der Waals surface area contributed by atoms with Gasteiger partial charge in [-0.2, -0.15) is 0 Å². The lowest BCUT2D eigenvalue weighted by molar-refractivity contribution is -0.182. The Kier molecular flexibility index (Phi) is 6.37. The molecule has 1 aromatic rings. The van der Waals surface area contributed by atoms with Gasteiger partial charge in [-0.1, -0.05) is 12.7 Å². The number of hydrogen-bond donors (Lipinski definition) is 1. The molecule has 1 aromatic heterocycles. The van der Waals surface area contributed by atoms with Crippen molar-refractivity contribution in [2.45, 2.75) is 17.2 Å². The van der Waals surface area contributed by atoms with Crippen molar-refractivity contribution in [3.05, 3.63) is 48.5 Å². The second-order valence-corrected chi connectivity index (χ2v) is 6.80. The predicted molar refractivity (Wildman–Crippen MR) is 98.9 cm³/mol. The number of pyridine rings is 1. The van der Waals surface area contributed by atoms with Gasteiger partial charge in [0.1, 0.15) is 12.3 Å². The summed E-state index contributed by atoms with van der Waals surface area (Å²) in [5.74, 6) is -0.989. The minimum Gasteiger partial charge on any atom is -0.539 e. The summed E-state index contributed by atoms with van der Waals surface area (Å²) in [7, 11) is 5.04. The van der Waals surface area contributed by atoms with E-state index in [0.717, 1.165) is 9.80 Å². The van der Waals surface area contributed by atoms with E-state index >= 15 is 0 Å². The molecule has 0 aromatic carbocycles. The number of nitrogens with zero attached hydrogens (tertiary/aromatic N) is 2. The van der Waals surface area contributed by atoms with Crippen LogP contribution in [0.1, 0.15) is 0 Å². The Morgan fingerprint density at radius 1 is 1.46 bits per heavy atom. The summed E-state index contributed by atoms with van der Waals surface area (Å²) >= 11 is 1.44. The lowest BCUT2D eigenvalue weighted by Gasteiger charge is -2.49. The van der Waals surface area contributed by atoms with Crippen LogP contribution < -0.4 is 5.32 Å². The molecule has 1 N–H and O–H groups in total. The van der Waals surface area contributed by atoms with Gasteiger partial charge in [-0.25, -0.2) is 9.59 Å². The summed E-state index contributed by atoms with van der Waals surface area (Å²) in [6.45, 7) is 3.52. The number of thioether (sulfide) groups is 1. The van der Waals surface area contributed by atoms with Crippen molar-refractivity contribution >= 4 is 37.8 Å². The van der Waals surface area contributed by atoms with Crippen LogP contribution in [0.15, 0.2) is 53.3 Å². The molecule has 0 unspecified atom stereocenters.